The summed E-state index contributed by atoms with van der Waals surface area (Å²) >= 11 is 0.959. The molecule has 1 amide bonds. The molecule has 0 saturated carbocycles. The maximum atomic E-state index is 11.5. The SMILES string of the molecule is CC(=O)N=C1SC(=C(C)[O-])NN1c1ccccc1[N+](=O)[O-]. The van der Waals surface area contributed by atoms with E-state index in [1.54, 1.807) is 6.07 Å². The van der Waals surface area contributed by atoms with E-state index in [1.807, 2.05) is 0 Å². The normalized spacial score (nSPS) is 18.6. The van der Waals surface area contributed by atoms with Gasteiger partial charge in [0.2, 0.25) is 5.91 Å². The van der Waals surface area contributed by atoms with E-state index in [0.717, 1.165) is 11.8 Å². The molecule has 1 fully saturated rings. The molecule has 8 nitrogen and oxygen atoms in total. The fourth-order valence-corrected chi connectivity index (χ4v) is 2.51. The largest absolute Gasteiger partial charge is 0.874 e. The lowest BCUT2D eigenvalue weighted by Gasteiger charge is -2.18. The highest BCUT2D eigenvalue weighted by molar-refractivity contribution is 8.17. The lowest BCUT2D eigenvalue weighted by atomic mass is 10.2. The zero-order chi connectivity index (χ0) is 15.6. The van der Waals surface area contributed by atoms with E-state index in [-0.39, 0.29) is 27.3 Å². The zero-order valence-corrected chi connectivity index (χ0v) is 12.0. The molecule has 0 aromatic heterocycles. The van der Waals surface area contributed by atoms with Crippen LogP contribution in [0, 0.1) is 10.1 Å². The number of benzene rings is 1. The first kappa shape index (κ1) is 14.9. The number of rotatable bonds is 2. The molecule has 110 valence electrons. The fraction of sp³-hybridized carbons (Fsp3) is 0.167. The number of carbonyl (C=O) groups is 1. The summed E-state index contributed by atoms with van der Waals surface area (Å²) in [7, 11) is 0. The molecule has 0 bridgehead atoms. The molecular weight excluding hydrogens is 296 g/mol. The van der Waals surface area contributed by atoms with Gasteiger partial charge in [0.25, 0.3) is 5.69 Å². The Morgan fingerprint density at radius 2 is 2.05 bits per heavy atom. The van der Waals surface area contributed by atoms with Crippen LogP contribution in [0.4, 0.5) is 11.4 Å². The lowest BCUT2D eigenvalue weighted by Crippen LogP contribution is -2.35. The lowest BCUT2D eigenvalue weighted by molar-refractivity contribution is -0.384. The Bertz CT molecular complexity index is 667. The van der Waals surface area contributed by atoms with E-state index in [1.165, 1.54) is 37.1 Å². The Morgan fingerprint density at radius 3 is 2.62 bits per heavy atom. The topological polar surface area (TPSA) is 111 Å². The highest BCUT2D eigenvalue weighted by atomic mass is 32.2. The fourth-order valence-electron chi connectivity index (χ4n) is 1.64. The number of nitro benzene ring substituents is 1. The molecule has 1 aromatic carbocycles. The molecule has 1 aliphatic heterocycles. The maximum Gasteiger partial charge on any atom is 0.294 e. The molecule has 1 heterocycles. The summed E-state index contributed by atoms with van der Waals surface area (Å²) in [5, 5.41) is 24.2. The molecule has 9 heteroatoms. The molecular formula is C12H11N4O4S-. The number of amidine groups is 1. The van der Waals surface area contributed by atoms with Crippen molar-refractivity contribution in [3.8, 4) is 0 Å². The van der Waals surface area contributed by atoms with Crippen molar-refractivity contribution >= 4 is 34.2 Å². The second-order valence-corrected chi connectivity index (χ2v) is 5.07. The number of thioether (sulfide) groups is 1. The number of aliphatic imine (C=N–C) groups is 1. The first-order valence-electron chi connectivity index (χ1n) is 5.85. The number of nitro groups is 1. The first-order chi connectivity index (χ1) is 9.90. The molecule has 0 aliphatic carbocycles. The van der Waals surface area contributed by atoms with Crippen LogP contribution in [0.2, 0.25) is 0 Å². The maximum absolute atomic E-state index is 11.5. The Labute approximate surface area is 124 Å². The Morgan fingerprint density at radius 1 is 1.38 bits per heavy atom. The van der Waals surface area contributed by atoms with Crippen LogP contribution >= 0.6 is 11.8 Å². The number of carbonyl (C=O) groups excluding carboxylic acids is 1. The molecule has 21 heavy (non-hydrogen) atoms. The van der Waals surface area contributed by atoms with Crippen LogP contribution in [0.15, 0.2) is 40.0 Å². The van der Waals surface area contributed by atoms with Crippen molar-refractivity contribution in [2.24, 2.45) is 4.99 Å². The van der Waals surface area contributed by atoms with Crippen LogP contribution in [0.25, 0.3) is 0 Å². The molecule has 1 aromatic rings. The number of hydrazine groups is 1. The third-order valence-electron chi connectivity index (χ3n) is 2.49. The minimum Gasteiger partial charge on any atom is -0.874 e. The molecule has 0 radical (unpaired) electrons. The zero-order valence-electron chi connectivity index (χ0n) is 11.2. The second kappa shape index (κ2) is 5.83. The smallest absolute Gasteiger partial charge is 0.294 e. The van der Waals surface area contributed by atoms with Gasteiger partial charge < -0.3 is 5.11 Å². The highest BCUT2D eigenvalue weighted by Gasteiger charge is 2.30. The molecule has 1 N–H and O–H groups in total. The van der Waals surface area contributed by atoms with E-state index in [0.29, 0.717) is 0 Å². The van der Waals surface area contributed by atoms with Gasteiger partial charge in [-0.2, -0.15) is 4.99 Å². The minimum atomic E-state index is -0.543. The number of allylic oxidation sites excluding steroid dienone is 1. The van der Waals surface area contributed by atoms with Crippen molar-refractivity contribution in [3.05, 3.63) is 45.2 Å². The first-order valence-corrected chi connectivity index (χ1v) is 6.67. The Hall–Kier alpha value is -2.55. The molecule has 0 atom stereocenters. The number of anilines is 1. The van der Waals surface area contributed by atoms with E-state index in [2.05, 4.69) is 10.4 Å². The van der Waals surface area contributed by atoms with Crippen molar-refractivity contribution in [2.75, 3.05) is 5.01 Å². The van der Waals surface area contributed by atoms with Gasteiger partial charge in [0.1, 0.15) is 5.69 Å². The van der Waals surface area contributed by atoms with Crippen LogP contribution in [-0.2, 0) is 4.79 Å². The third kappa shape index (κ3) is 3.14. The Balaban J connectivity index is 2.53. The van der Waals surface area contributed by atoms with Crippen molar-refractivity contribution in [3.63, 3.8) is 0 Å². The molecule has 0 unspecified atom stereocenters. The minimum absolute atomic E-state index is 0.161. The summed E-state index contributed by atoms with van der Waals surface area (Å²) in [6, 6.07) is 5.98. The van der Waals surface area contributed by atoms with Gasteiger partial charge >= 0.3 is 0 Å². The summed E-state index contributed by atoms with van der Waals surface area (Å²) in [5.74, 6) is -0.718. The van der Waals surface area contributed by atoms with Gasteiger partial charge in [0.05, 0.1) is 9.95 Å². The average Bonchev–Trinajstić information content (AvgIpc) is 2.81. The van der Waals surface area contributed by atoms with Crippen LogP contribution in [0.5, 0.6) is 0 Å². The van der Waals surface area contributed by atoms with Gasteiger partial charge in [0, 0.05) is 13.0 Å². The number of nitrogens with zero attached hydrogens (tertiary/aromatic N) is 3. The van der Waals surface area contributed by atoms with Crippen LogP contribution < -0.4 is 15.5 Å². The van der Waals surface area contributed by atoms with Gasteiger partial charge in [-0.1, -0.05) is 19.1 Å². The van der Waals surface area contributed by atoms with Gasteiger partial charge in [-0.15, -0.1) is 5.76 Å². The summed E-state index contributed by atoms with van der Waals surface area (Å²) < 4.78 is 0. The van der Waals surface area contributed by atoms with E-state index in [9.17, 15) is 20.0 Å². The van der Waals surface area contributed by atoms with E-state index >= 15 is 0 Å². The summed E-state index contributed by atoms with van der Waals surface area (Å²) in [4.78, 5) is 25.5. The van der Waals surface area contributed by atoms with E-state index < -0.39 is 10.8 Å². The van der Waals surface area contributed by atoms with Gasteiger partial charge in [-0.05, 0) is 17.8 Å². The highest BCUT2D eigenvalue weighted by Crippen LogP contribution is 2.35. The predicted octanol–water partition coefficient (Wildman–Crippen LogP) is 1.10. The van der Waals surface area contributed by atoms with Crippen molar-refractivity contribution in [2.45, 2.75) is 13.8 Å². The van der Waals surface area contributed by atoms with Crippen LogP contribution in [0.1, 0.15) is 13.8 Å². The summed E-state index contributed by atoms with van der Waals surface area (Å²) in [5.41, 5.74) is 2.77. The van der Waals surface area contributed by atoms with Crippen LogP contribution in [0.3, 0.4) is 0 Å². The molecule has 1 aliphatic rings. The Kier molecular flexibility index (Phi) is 4.13. The molecule has 2 rings (SSSR count). The molecule has 0 spiro atoms. The standard InChI is InChI=1S/C12H12N4O4S/c1-7(17)11-14-15(12(21-11)13-8(2)18)9-5-3-4-6-10(9)16(19)20/h3-6,14,17H,1-2H3/p-1. The third-order valence-corrected chi connectivity index (χ3v) is 3.53. The number of hydrogen-bond donors (Lipinski definition) is 1. The number of para-hydroxylation sites is 2. The number of amides is 1. The summed E-state index contributed by atoms with van der Waals surface area (Å²) in [6.07, 6.45) is 0. The number of hydrogen-bond acceptors (Lipinski definition) is 6. The van der Waals surface area contributed by atoms with Gasteiger partial charge in [-0.25, -0.2) is 5.01 Å². The van der Waals surface area contributed by atoms with Crippen molar-refractivity contribution in [1.29, 1.82) is 0 Å². The van der Waals surface area contributed by atoms with Crippen molar-refractivity contribution in [1.82, 2.24) is 5.43 Å². The van der Waals surface area contributed by atoms with Gasteiger partial charge in [0.15, 0.2) is 5.17 Å². The van der Waals surface area contributed by atoms with Gasteiger partial charge in [-0.3, -0.25) is 20.3 Å². The monoisotopic (exact) mass is 307 g/mol. The van der Waals surface area contributed by atoms with Crippen molar-refractivity contribution < 1.29 is 14.8 Å². The quantitative estimate of drug-likeness (QED) is 0.495. The summed E-state index contributed by atoms with van der Waals surface area (Å²) in [6.45, 7) is 2.61. The number of nitrogens with one attached hydrogen (secondary N) is 1. The second-order valence-electron chi connectivity index (χ2n) is 4.09. The van der Waals surface area contributed by atoms with E-state index in [4.69, 9.17) is 0 Å². The van der Waals surface area contributed by atoms with Crippen LogP contribution in [-0.4, -0.2) is 16.0 Å². The average molecular weight is 307 g/mol. The molecule has 1 saturated heterocycles. The predicted molar refractivity (Wildman–Crippen MR) is 77.1 cm³/mol.